The summed E-state index contributed by atoms with van der Waals surface area (Å²) in [6.07, 6.45) is 1.24. The first-order valence-electron chi connectivity index (χ1n) is 7.72. The summed E-state index contributed by atoms with van der Waals surface area (Å²) in [5.74, 6) is -2.24. The SMILES string of the molecule is CCC(C)C(C)(O)CNC(=O)C1CC1c1c(F)cccc1F. The molecule has 0 aromatic heterocycles. The number of amides is 1. The van der Waals surface area contributed by atoms with Gasteiger partial charge in [-0.1, -0.05) is 26.3 Å². The molecule has 3 nitrogen and oxygen atoms in total. The van der Waals surface area contributed by atoms with Crippen LogP contribution in [0.15, 0.2) is 18.2 Å². The minimum atomic E-state index is -0.988. The number of rotatable bonds is 6. The molecule has 1 fully saturated rings. The highest BCUT2D eigenvalue weighted by Crippen LogP contribution is 2.49. The molecule has 0 bridgehead atoms. The average molecular weight is 311 g/mol. The minimum absolute atomic E-state index is 0.00339. The normalized spacial score (nSPS) is 24.5. The fourth-order valence-electron chi connectivity index (χ4n) is 2.68. The molecule has 122 valence electrons. The van der Waals surface area contributed by atoms with Crippen molar-refractivity contribution in [3.05, 3.63) is 35.4 Å². The standard InChI is InChI=1S/C17H23F2NO2/c1-4-10(2)17(3,22)9-20-16(21)12-8-11(12)15-13(18)6-5-7-14(15)19/h5-7,10-12,22H,4,8-9H2,1-3H3,(H,20,21). The number of nitrogens with one attached hydrogen (secondary N) is 1. The summed E-state index contributed by atoms with van der Waals surface area (Å²) in [5, 5.41) is 13.0. The third-order valence-electron chi connectivity index (χ3n) is 4.79. The molecule has 0 radical (unpaired) electrons. The Balaban J connectivity index is 1.94. The van der Waals surface area contributed by atoms with Crippen molar-refractivity contribution in [2.24, 2.45) is 11.8 Å². The highest BCUT2D eigenvalue weighted by molar-refractivity contribution is 5.83. The van der Waals surface area contributed by atoms with Crippen LogP contribution >= 0.6 is 0 Å². The van der Waals surface area contributed by atoms with Crippen LogP contribution in [0, 0.1) is 23.5 Å². The third kappa shape index (κ3) is 3.46. The van der Waals surface area contributed by atoms with E-state index in [2.05, 4.69) is 5.32 Å². The molecule has 1 aliphatic carbocycles. The molecule has 4 unspecified atom stereocenters. The van der Waals surface area contributed by atoms with Crippen molar-refractivity contribution in [2.45, 2.75) is 45.1 Å². The molecule has 2 rings (SSSR count). The molecule has 1 aliphatic rings. The molecule has 1 saturated carbocycles. The van der Waals surface area contributed by atoms with Gasteiger partial charge in [-0.15, -0.1) is 0 Å². The summed E-state index contributed by atoms with van der Waals surface area (Å²) in [6, 6.07) is 3.73. The van der Waals surface area contributed by atoms with Crippen LogP contribution < -0.4 is 5.32 Å². The van der Waals surface area contributed by atoms with Gasteiger partial charge in [-0.3, -0.25) is 4.79 Å². The zero-order valence-corrected chi connectivity index (χ0v) is 13.2. The predicted molar refractivity (Wildman–Crippen MR) is 80.3 cm³/mol. The number of hydrogen-bond acceptors (Lipinski definition) is 2. The fraction of sp³-hybridized carbons (Fsp3) is 0.588. The van der Waals surface area contributed by atoms with Crippen LogP contribution in [0.1, 0.15) is 45.1 Å². The molecule has 1 amide bonds. The van der Waals surface area contributed by atoms with Crippen LogP contribution in [0.25, 0.3) is 0 Å². The molecule has 0 heterocycles. The van der Waals surface area contributed by atoms with E-state index in [4.69, 9.17) is 0 Å². The highest BCUT2D eigenvalue weighted by Gasteiger charge is 2.46. The van der Waals surface area contributed by atoms with E-state index in [0.717, 1.165) is 6.42 Å². The molecule has 4 atom stereocenters. The Morgan fingerprint density at radius 1 is 1.45 bits per heavy atom. The maximum absolute atomic E-state index is 13.7. The summed E-state index contributed by atoms with van der Waals surface area (Å²) in [5.41, 5.74) is -0.991. The van der Waals surface area contributed by atoms with E-state index >= 15 is 0 Å². The van der Waals surface area contributed by atoms with Gasteiger partial charge in [-0.2, -0.15) is 0 Å². The Hall–Kier alpha value is -1.49. The maximum Gasteiger partial charge on any atom is 0.223 e. The molecule has 0 saturated heterocycles. The summed E-state index contributed by atoms with van der Waals surface area (Å²) < 4.78 is 27.4. The van der Waals surface area contributed by atoms with E-state index in [9.17, 15) is 18.7 Å². The monoisotopic (exact) mass is 311 g/mol. The fourth-order valence-corrected chi connectivity index (χ4v) is 2.68. The van der Waals surface area contributed by atoms with Gasteiger partial charge in [-0.05, 0) is 31.4 Å². The van der Waals surface area contributed by atoms with Crippen molar-refractivity contribution in [1.29, 1.82) is 0 Å². The highest BCUT2D eigenvalue weighted by atomic mass is 19.1. The van der Waals surface area contributed by atoms with Gasteiger partial charge in [0, 0.05) is 23.9 Å². The lowest BCUT2D eigenvalue weighted by Crippen LogP contribution is -2.45. The first kappa shape index (κ1) is 16.9. The van der Waals surface area contributed by atoms with Gasteiger partial charge in [0.15, 0.2) is 0 Å². The largest absolute Gasteiger partial charge is 0.388 e. The lowest BCUT2D eigenvalue weighted by atomic mass is 9.88. The van der Waals surface area contributed by atoms with Crippen LogP contribution in [0.2, 0.25) is 0 Å². The van der Waals surface area contributed by atoms with Gasteiger partial charge in [-0.25, -0.2) is 8.78 Å². The van der Waals surface area contributed by atoms with Gasteiger partial charge >= 0.3 is 0 Å². The Bertz CT molecular complexity index is 539. The van der Waals surface area contributed by atoms with E-state index in [1.807, 2.05) is 13.8 Å². The Morgan fingerprint density at radius 2 is 2.05 bits per heavy atom. The van der Waals surface area contributed by atoms with Gasteiger partial charge in [0.2, 0.25) is 5.91 Å². The minimum Gasteiger partial charge on any atom is -0.388 e. The molecule has 1 aromatic carbocycles. The number of benzene rings is 1. The molecule has 5 heteroatoms. The van der Waals surface area contributed by atoms with Crippen molar-refractivity contribution in [2.75, 3.05) is 6.54 Å². The second kappa shape index (κ2) is 6.32. The summed E-state index contributed by atoms with van der Waals surface area (Å²) >= 11 is 0. The van der Waals surface area contributed by atoms with Crippen LogP contribution in [0.3, 0.4) is 0 Å². The number of carbonyl (C=O) groups is 1. The van der Waals surface area contributed by atoms with Crippen molar-refractivity contribution >= 4 is 5.91 Å². The van der Waals surface area contributed by atoms with E-state index in [1.54, 1.807) is 6.92 Å². The first-order chi connectivity index (χ1) is 10.3. The molecular formula is C17H23F2NO2. The van der Waals surface area contributed by atoms with Crippen molar-refractivity contribution in [1.82, 2.24) is 5.32 Å². The van der Waals surface area contributed by atoms with Crippen molar-refractivity contribution < 1.29 is 18.7 Å². The second-order valence-electron chi connectivity index (χ2n) is 6.47. The molecule has 0 aliphatic heterocycles. The van der Waals surface area contributed by atoms with Crippen LogP contribution in [-0.4, -0.2) is 23.2 Å². The Kier molecular flexibility index (Phi) is 4.85. The zero-order valence-electron chi connectivity index (χ0n) is 13.2. The van der Waals surface area contributed by atoms with Gasteiger partial charge in [0.25, 0.3) is 0 Å². The molecule has 2 N–H and O–H groups in total. The molecule has 1 aromatic rings. The lowest BCUT2D eigenvalue weighted by Gasteiger charge is -2.29. The molecule has 0 spiro atoms. The topological polar surface area (TPSA) is 49.3 Å². The number of carbonyl (C=O) groups excluding carboxylic acids is 1. The Labute approximate surface area is 129 Å². The summed E-state index contributed by atoms with van der Waals surface area (Å²) in [7, 11) is 0. The van der Waals surface area contributed by atoms with E-state index < -0.39 is 29.1 Å². The van der Waals surface area contributed by atoms with E-state index in [1.165, 1.54) is 18.2 Å². The molecular weight excluding hydrogens is 288 g/mol. The van der Waals surface area contributed by atoms with E-state index in [-0.39, 0.29) is 23.9 Å². The summed E-state index contributed by atoms with van der Waals surface area (Å²) in [4.78, 5) is 12.1. The third-order valence-corrected chi connectivity index (χ3v) is 4.79. The van der Waals surface area contributed by atoms with E-state index in [0.29, 0.717) is 6.42 Å². The van der Waals surface area contributed by atoms with Crippen LogP contribution in [0.4, 0.5) is 8.78 Å². The van der Waals surface area contributed by atoms with Gasteiger partial charge < -0.3 is 10.4 Å². The van der Waals surface area contributed by atoms with Crippen molar-refractivity contribution in [3.63, 3.8) is 0 Å². The van der Waals surface area contributed by atoms with Crippen LogP contribution in [0.5, 0.6) is 0 Å². The Morgan fingerprint density at radius 3 is 2.59 bits per heavy atom. The number of halogens is 2. The predicted octanol–water partition coefficient (Wildman–Crippen LogP) is 2.98. The van der Waals surface area contributed by atoms with Gasteiger partial charge in [0.1, 0.15) is 11.6 Å². The molecule has 22 heavy (non-hydrogen) atoms. The lowest BCUT2D eigenvalue weighted by molar-refractivity contribution is -0.124. The first-order valence-corrected chi connectivity index (χ1v) is 7.72. The second-order valence-corrected chi connectivity index (χ2v) is 6.47. The number of aliphatic hydroxyl groups is 1. The maximum atomic E-state index is 13.7. The smallest absolute Gasteiger partial charge is 0.223 e. The quantitative estimate of drug-likeness (QED) is 0.848. The number of hydrogen-bond donors (Lipinski definition) is 2. The average Bonchev–Trinajstić information content (AvgIpc) is 3.24. The van der Waals surface area contributed by atoms with Crippen LogP contribution in [-0.2, 0) is 4.79 Å². The zero-order chi connectivity index (χ0) is 16.5. The summed E-state index contributed by atoms with van der Waals surface area (Å²) in [6.45, 7) is 5.71. The van der Waals surface area contributed by atoms with Crippen molar-refractivity contribution in [3.8, 4) is 0 Å². The van der Waals surface area contributed by atoms with Gasteiger partial charge in [0.05, 0.1) is 5.60 Å².